The minimum atomic E-state index is -3.44. The number of anilines is 1. The van der Waals surface area contributed by atoms with Crippen LogP contribution in [0.15, 0.2) is 24.3 Å². The highest BCUT2D eigenvalue weighted by molar-refractivity contribution is 7.90. The van der Waals surface area contributed by atoms with Gasteiger partial charge >= 0.3 is 10.2 Å². The van der Waals surface area contributed by atoms with Gasteiger partial charge in [-0.15, -0.1) is 0 Å². The van der Waals surface area contributed by atoms with Crippen LogP contribution in [0.3, 0.4) is 0 Å². The summed E-state index contributed by atoms with van der Waals surface area (Å²) in [6, 6.07) is 7.17. The smallest absolute Gasteiger partial charge is 0.301 e. The zero-order chi connectivity index (χ0) is 14.6. The fourth-order valence-corrected chi connectivity index (χ4v) is 3.65. The highest BCUT2D eigenvalue weighted by Crippen LogP contribution is 2.18. The Morgan fingerprint density at radius 1 is 1.10 bits per heavy atom. The Bertz CT molecular complexity index is 518. The van der Waals surface area contributed by atoms with Crippen LogP contribution in [0.4, 0.5) is 5.69 Å². The molecule has 0 saturated carbocycles. The zero-order valence-electron chi connectivity index (χ0n) is 11.9. The van der Waals surface area contributed by atoms with Crippen molar-refractivity contribution in [3.63, 3.8) is 0 Å². The molecule has 1 fully saturated rings. The van der Waals surface area contributed by atoms with Gasteiger partial charge in [0.2, 0.25) is 0 Å². The lowest BCUT2D eigenvalue weighted by Crippen LogP contribution is -2.36. The Balaban J connectivity index is 2.07. The minimum Gasteiger partial charge on any atom is -0.324 e. The number of hydrogen-bond donors (Lipinski definition) is 2. The number of hydrogen-bond acceptors (Lipinski definition) is 3. The first-order chi connectivity index (χ1) is 9.49. The van der Waals surface area contributed by atoms with E-state index in [2.05, 4.69) is 4.72 Å². The second-order valence-corrected chi connectivity index (χ2v) is 7.00. The molecular weight excluding hydrogens is 274 g/mol. The van der Waals surface area contributed by atoms with E-state index in [9.17, 15) is 8.42 Å². The van der Waals surface area contributed by atoms with Gasteiger partial charge < -0.3 is 5.73 Å². The van der Waals surface area contributed by atoms with Gasteiger partial charge in [-0.05, 0) is 37.5 Å². The molecular formula is C14H23N3O2S. The van der Waals surface area contributed by atoms with Gasteiger partial charge in [-0.25, -0.2) is 0 Å². The quantitative estimate of drug-likeness (QED) is 0.895. The zero-order valence-corrected chi connectivity index (χ0v) is 12.7. The second-order valence-electron chi connectivity index (χ2n) is 5.33. The molecule has 1 aliphatic rings. The summed E-state index contributed by atoms with van der Waals surface area (Å²) in [4.78, 5) is 0. The molecule has 1 unspecified atom stereocenters. The third-order valence-corrected chi connectivity index (χ3v) is 5.13. The fraction of sp³-hybridized carbons (Fsp3) is 0.571. The van der Waals surface area contributed by atoms with Crippen molar-refractivity contribution in [2.24, 2.45) is 5.73 Å². The predicted octanol–water partition coefficient (Wildman–Crippen LogP) is 2.24. The monoisotopic (exact) mass is 297 g/mol. The van der Waals surface area contributed by atoms with Gasteiger partial charge in [0.25, 0.3) is 0 Å². The number of nitrogens with zero attached hydrogens (tertiary/aromatic N) is 1. The van der Waals surface area contributed by atoms with Crippen LogP contribution in [-0.4, -0.2) is 25.8 Å². The first-order valence-electron chi connectivity index (χ1n) is 7.12. The lowest BCUT2D eigenvalue weighted by atomic mass is 10.1. The van der Waals surface area contributed by atoms with Crippen molar-refractivity contribution in [3.8, 4) is 0 Å². The summed E-state index contributed by atoms with van der Waals surface area (Å²) in [5.41, 5.74) is 7.35. The summed E-state index contributed by atoms with van der Waals surface area (Å²) in [6.45, 7) is 3.11. The van der Waals surface area contributed by atoms with Crippen molar-refractivity contribution in [2.75, 3.05) is 17.8 Å². The molecule has 0 aliphatic carbocycles. The van der Waals surface area contributed by atoms with Crippen LogP contribution in [0.5, 0.6) is 0 Å². The van der Waals surface area contributed by atoms with Gasteiger partial charge in [0.05, 0.1) is 0 Å². The highest BCUT2D eigenvalue weighted by Gasteiger charge is 2.22. The number of rotatable bonds is 4. The molecule has 1 aromatic rings. The number of nitrogens with one attached hydrogen (secondary N) is 1. The molecule has 1 saturated heterocycles. The van der Waals surface area contributed by atoms with E-state index in [0.717, 1.165) is 31.2 Å². The third kappa shape index (κ3) is 3.94. The van der Waals surface area contributed by atoms with E-state index in [4.69, 9.17) is 5.73 Å². The number of benzene rings is 1. The average Bonchev–Trinajstić information content (AvgIpc) is 2.68. The van der Waals surface area contributed by atoms with Gasteiger partial charge in [0.15, 0.2) is 0 Å². The van der Waals surface area contributed by atoms with Crippen molar-refractivity contribution in [1.82, 2.24) is 4.31 Å². The molecule has 1 heterocycles. The van der Waals surface area contributed by atoms with Crippen molar-refractivity contribution in [1.29, 1.82) is 0 Å². The van der Waals surface area contributed by atoms with Crippen LogP contribution >= 0.6 is 0 Å². The van der Waals surface area contributed by atoms with E-state index in [1.807, 2.05) is 19.1 Å². The highest BCUT2D eigenvalue weighted by atomic mass is 32.2. The predicted molar refractivity (Wildman–Crippen MR) is 81.6 cm³/mol. The van der Waals surface area contributed by atoms with Gasteiger partial charge in [-0.2, -0.15) is 12.7 Å². The molecule has 6 heteroatoms. The van der Waals surface area contributed by atoms with Crippen molar-refractivity contribution in [2.45, 2.75) is 38.6 Å². The molecule has 2 rings (SSSR count). The molecule has 0 radical (unpaired) electrons. The molecule has 5 nitrogen and oxygen atoms in total. The largest absolute Gasteiger partial charge is 0.324 e. The lowest BCUT2D eigenvalue weighted by Gasteiger charge is -2.21. The summed E-state index contributed by atoms with van der Waals surface area (Å²) >= 11 is 0. The minimum absolute atomic E-state index is 0.0498. The summed E-state index contributed by atoms with van der Waals surface area (Å²) in [7, 11) is -3.44. The SMILES string of the molecule is CC(N)c1ccc(NS(=O)(=O)N2CCCCCC2)cc1. The summed E-state index contributed by atoms with van der Waals surface area (Å²) in [6.07, 6.45) is 4.08. The molecule has 0 aromatic heterocycles. The second kappa shape index (κ2) is 6.56. The third-order valence-electron chi connectivity index (χ3n) is 3.59. The standard InChI is InChI=1S/C14H23N3O2S/c1-12(15)13-6-8-14(9-7-13)16-20(18,19)17-10-4-2-3-5-11-17/h6-9,12,16H,2-5,10-11,15H2,1H3. The normalized spacial score (nSPS) is 19.3. The first kappa shape index (κ1) is 15.3. The topological polar surface area (TPSA) is 75.4 Å². The van der Waals surface area contributed by atoms with E-state index in [-0.39, 0.29) is 6.04 Å². The van der Waals surface area contributed by atoms with E-state index in [1.54, 1.807) is 16.4 Å². The van der Waals surface area contributed by atoms with Crippen LogP contribution in [0, 0.1) is 0 Å². The first-order valence-corrected chi connectivity index (χ1v) is 8.56. The van der Waals surface area contributed by atoms with E-state index in [1.165, 1.54) is 0 Å². The van der Waals surface area contributed by atoms with E-state index in [0.29, 0.717) is 18.8 Å². The molecule has 0 amide bonds. The van der Waals surface area contributed by atoms with Crippen molar-refractivity contribution < 1.29 is 8.42 Å². The maximum atomic E-state index is 12.3. The molecule has 112 valence electrons. The molecule has 3 N–H and O–H groups in total. The molecule has 0 spiro atoms. The molecule has 0 bridgehead atoms. The average molecular weight is 297 g/mol. The summed E-state index contributed by atoms with van der Waals surface area (Å²) in [5.74, 6) is 0. The maximum Gasteiger partial charge on any atom is 0.301 e. The van der Waals surface area contributed by atoms with Crippen LogP contribution in [-0.2, 0) is 10.2 Å². The molecule has 20 heavy (non-hydrogen) atoms. The van der Waals surface area contributed by atoms with Gasteiger partial charge in [0, 0.05) is 24.8 Å². The maximum absolute atomic E-state index is 12.3. The van der Waals surface area contributed by atoms with Gasteiger partial charge in [0.1, 0.15) is 0 Å². The van der Waals surface area contributed by atoms with Gasteiger partial charge in [-0.3, -0.25) is 4.72 Å². The van der Waals surface area contributed by atoms with Gasteiger partial charge in [-0.1, -0.05) is 25.0 Å². The lowest BCUT2D eigenvalue weighted by molar-refractivity contribution is 0.427. The Kier molecular flexibility index (Phi) is 5.01. The Hall–Kier alpha value is -1.11. The summed E-state index contributed by atoms with van der Waals surface area (Å²) in [5, 5.41) is 0. The van der Waals surface area contributed by atoms with Crippen molar-refractivity contribution >= 4 is 15.9 Å². The Labute approximate surface area is 121 Å². The molecule has 1 atom stereocenters. The van der Waals surface area contributed by atoms with Crippen LogP contribution < -0.4 is 10.5 Å². The van der Waals surface area contributed by atoms with E-state index >= 15 is 0 Å². The van der Waals surface area contributed by atoms with Crippen LogP contribution in [0.25, 0.3) is 0 Å². The van der Waals surface area contributed by atoms with Crippen LogP contribution in [0.2, 0.25) is 0 Å². The summed E-state index contributed by atoms with van der Waals surface area (Å²) < 4.78 is 28.8. The fourth-order valence-electron chi connectivity index (χ4n) is 2.35. The molecule has 1 aromatic carbocycles. The van der Waals surface area contributed by atoms with E-state index < -0.39 is 10.2 Å². The van der Waals surface area contributed by atoms with Crippen molar-refractivity contribution in [3.05, 3.63) is 29.8 Å². The Morgan fingerprint density at radius 2 is 1.65 bits per heavy atom. The van der Waals surface area contributed by atoms with Crippen LogP contribution in [0.1, 0.15) is 44.2 Å². The molecule has 1 aliphatic heterocycles. The Morgan fingerprint density at radius 3 is 2.15 bits per heavy atom. The number of nitrogens with two attached hydrogens (primary N) is 1.